The number of H-pyrrole nitrogens is 1. The molecule has 1 aliphatic carbocycles. The highest BCUT2D eigenvalue weighted by molar-refractivity contribution is 7.93. The monoisotopic (exact) mass is 454 g/mol. The van der Waals surface area contributed by atoms with Gasteiger partial charge in [0.2, 0.25) is 0 Å². The molecule has 168 valence electrons. The van der Waals surface area contributed by atoms with E-state index < -0.39 is 20.6 Å². The molecule has 0 unspecified atom stereocenters. The predicted molar refractivity (Wildman–Crippen MR) is 121 cm³/mol. The molecule has 1 aliphatic rings. The van der Waals surface area contributed by atoms with Gasteiger partial charge in [-0.25, -0.2) is 13.4 Å². The Morgan fingerprint density at radius 2 is 1.81 bits per heavy atom. The van der Waals surface area contributed by atoms with Gasteiger partial charge in [0.25, 0.3) is 5.56 Å². The Balaban J connectivity index is 1.66. The minimum Gasteiger partial charge on any atom is -0.456 e. The number of sulfone groups is 1. The first kappa shape index (κ1) is 22.2. The molecule has 1 heterocycles. The topological polar surface area (TPSA) is 106 Å². The fourth-order valence-corrected chi connectivity index (χ4v) is 6.78. The number of carbonyl (C=O) groups is 1. The molecule has 1 fully saturated rings. The van der Waals surface area contributed by atoms with E-state index in [-0.39, 0.29) is 35.7 Å². The highest BCUT2D eigenvalue weighted by Gasteiger charge is 2.54. The van der Waals surface area contributed by atoms with Crippen molar-refractivity contribution in [3.8, 4) is 0 Å². The third kappa shape index (κ3) is 3.62. The quantitative estimate of drug-likeness (QED) is 0.590. The minimum absolute atomic E-state index is 0.171. The molecule has 0 saturated heterocycles. The van der Waals surface area contributed by atoms with Crippen molar-refractivity contribution in [2.24, 2.45) is 0 Å². The summed E-state index contributed by atoms with van der Waals surface area (Å²) in [6, 6.07) is 10.5. The van der Waals surface area contributed by atoms with Crippen LogP contribution in [0.15, 0.2) is 46.1 Å². The first-order valence-corrected chi connectivity index (χ1v) is 12.1. The number of carbonyl (C=O) groups excluding carboxylic acids is 1. The lowest BCUT2D eigenvalue weighted by atomic mass is 10.1. The third-order valence-electron chi connectivity index (χ3n) is 6.26. The van der Waals surface area contributed by atoms with E-state index in [9.17, 15) is 18.0 Å². The van der Waals surface area contributed by atoms with Crippen LogP contribution in [0, 0.1) is 20.8 Å². The second-order valence-electron chi connectivity index (χ2n) is 8.53. The summed E-state index contributed by atoms with van der Waals surface area (Å²) < 4.78 is 31.2. The second kappa shape index (κ2) is 8.16. The van der Waals surface area contributed by atoms with Crippen LogP contribution in [0.3, 0.4) is 0 Å². The number of fused-ring (bicyclic) bond motifs is 1. The molecule has 1 N–H and O–H groups in total. The van der Waals surface area contributed by atoms with Crippen LogP contribution >= 0.6 is 0 Å². The lowest BCUT2D eigenvalue weighted by molar-refractivity contribution is -0.148. The Morgan fingerprint density at radius 3 is 2.53 bits per heavy atom. The molecule has 0 radical (unpaired) electrons. The lowest BCUT2D eigenvalue weighted by Gasteiger charge is -2.27. The van der Waals surface area contributed by atoms with Crippen LogP contribution in [0.4, 0.5) is 0 Å². The van der Waals surface area contributed by atoms with E-state index in [1.54, 1.807) is 31.2 Å². The van der Waals surface area contributed by atoms with Crippen molar-refractivity contribution in [2.75, 3.05) is 0 Å². The summed E-state index contributed by atoms with van der Waals surface area (Å²) in [6.45, 7) is 5.09. The largest absolute Gasteiger partial charge is 0.456 e. The van der Waals surface area contributed by atoms with Gasteiger partial charge in [0.05, 0.1) is 15.8 Å². The van der Waals surface area contributed by atoms with E-state index in [1.165, 1.54) is 0 Å². The van der Waals surface area contributed by atoms with Crippen LogP contribution in [0.1, 0.15) is 48.2 Å². The molecule has 2 aromatic carbocycles. The highest BCUT2D eigenvalue weighted by Crippen LogP contribution is 2.42. The molecule has 1 aromatic heterocycles. The van der Waals surface area contributed by atoms with Crippen LogP contribution < -0.4 is 5.56 Å². The Morgan fingerprint density at radius 1 is 1.09 bits per heavy atom. The van der Waals surface area contributed by atoms with Gasteiger partial charge < -0.3 is 9.72 Å². The lowest BCUT2D eigenvalue weighted by Crippen LogP contribution is -2.45. The van der Waals surface area contributed by atoms with Crippen LogP contribution in [0.25, 0.3) is 10.9 Å². The molecular weight excluding hydrogens is 428 g/mol. The summed E-state index contributed by atoms with van der Waals surface area (Å²) >= 11 is 0. The summed E-state index contributed by atoms with van der Waals surface area (Å²) in [7, 11) is -3.97. The molecule has 0 aliphatic heterocycles. The van der Waals surface area contributed by atoms with Crippen molar-refractivity contribution in [2.45, 2.75) is 62.7 Å². The van der Waals surface area contributed by atoms with Gasteiger partial charge in [-0.3, -0.25) is 9.59 Å². The fourth-order valence-electron chi connectivity index (χ4n) is 4.42. The first-order valence-electron chi connectivity index (χ1n) is 10.6. The summed E-state index contributed by atoms with van der Waals surface area (Å²) in [5.41, 5.74) is 2.44. The van der Waals surface area contributed by atoms with E-state index in [2.05, 4.69) is 9.97 Å². The maximum Gasteiger partial charge on any atom is 0.328 e. The molecule has 8 heteroatoms. The second-order valence-corrected chi connectivity index (χ2v) is 10.8. The van der Waals surface area contributed by atoms with Gasteiger partial charge >= 0.3 is 5.97 Å². The molecule has 4 rings (SSSR count). The number of aromatic amines is 1. The van der Waals surface area contributed by atoms with Crippen molar-refractivity contribution < 1.29 is 17.9 Å². The SMILES string of the molecule is Cc1ccc(C)c(S(=O)(=O)C2(C(=O)OCc3nc4c(C)cccc4c(=O)[nH]3)CCCC2)c1. The van der Waals surface area contributed by atoms with Crippen molar-refractivity contribution >= 4 is 26.7 Å². The van der Waals surface area contributed by atoms with Crippen molar-refractivity contribution in [1.82, 2.24) is 9.97 Å². The average molecular weight is 455 g/mol. The number of ether oxygens (including phenoxy) is 1. The zero-order chi connectivity index (χ0) is 23.1. The van der Waals surface area contributed by atoms with Crippen LogP contribution in [0.5, 0.6) is 0 Å². The fraction of sp³-hybridized carbons (Fsp3) is 0.375. The van der Waals surface area contributed by atoms with E-state index in [0.717, 1.165) is 11.1 Å². The maximum absolute atomic E-state index is 13.7. The highest BCUT2D eigenvalue weighted by atomic mass is 32.2. The normalized spacial score (nSPS) is 15.7. The molecule has 7 nitrogen and oxygen atoms in total. The summed E-state index contributed by atoms with van der Waals surface area (Å²) in [5, 5.41) is 0.449. The smallest absolute Gasteiger partial charge is 0.328 e. The molecule has 3 aromatic rings. The van der Waals surface area contributed by atoms with E-state index in [1.807, 2.05) is 26.0 Å². The minimum atomic E-state index is -3.97. The van der Waals surface area contributed by atoms with Crippen molar-refractivity contribution in [3.05, 3.63) is 69.3 Å². The first-order chi connectivity index (χ1) is 15.2. The van der Waals surface area contributed by atoms with Crippen molar-refractivity contribution in [3.63, 3.8) is 0 Å². The van der Waals surface area contributed by atoms with E-state index in [4.69, 9.17) is 4.74 Å². The third-order valence-corrected chi connectivity index (χ3v) is 8.88. The standard InChI is InChI=1S/C24H26N2O5S/c1-15-9-10-16(2)19(13-15)32(29,30)24(11-4-5-12-24)23(28)31-14-20-25-21-17(3)7-6-8-18(21)22(27)26-20/h6-10,13H,4-5,11-12,14H2,1-3H3,(H,25,26,27). The van der Waals surface area contributed by atoms with Gasteiger partial charge in [-0.15, -0.1) is 0 Å². The van der Waals surface area contributed by atoms with Gasteiger partial charge in [0, 0.05) is 0 Å². The Kier molecular flexibility index (Phi) is 5.67. The van der Waals surface area contributed by atoms with Crippen LogP contribution in [-0.2, 0) is 26.0 Å². The van der Waals surface area contributed by atoms with Gasteiger partial charge in [-0.2, -0.15) is 0 Å². The maximum atomic E-state index is 13.7. The number of nitrogens with one attached hydrogen (secondary N) is 1. The van der Waals surface area contributed by atoms with Gasteiger partial charge in [-0.1, -0.05) is 37.1 Å². The van der Waals surface area contributed by atoms with Gasteiger partial charge in [-0.05, 0) is 62.4 Å². The van der Waals surface area contributed by atoms with E-state index >= 15 is 0 Å². The zero-order valence-electron chi connectivity index (χ0n) is 18.4. The Labute approximate surface area is 186 Å². The number of rotatable bonds is 5. The Hall–Kier alpha value is -3.00. The molecule has 0 spiro atoms. The molecular formula is C24H26N2O5S. The summed E-state index contributed by atoms with van der Waals surface area (Å²) in [4.78, 5) is 32.9. The predicted octanol–water partition coefficient (Wildman–Crippen LogP) is 3.68. The Bertz CT molecular complexity index is 1370. The van der Waals surface area contributed by atoms with Crippen LogP contribution in [-0.4, -0.2) is 29.1 Å². The molecule has 32 heavy (non-hydrogen) atoms. The number of hydrogen-bond donors (Lipinski definition) is 1. The van der Waals surface area contributed by atoms with Crippen molar-refractivity contribution in [1.29, 1.82) is 0 Å². The number of esters is 1. The molecule has 0 bridgehead atoms. The van der Waals surface area contributed by atoms with Gasteiger partial charge in [0.1, 0.15) is 12.4 Å². The molecule has 0 atom stereocenters. The molecule has 0 amide bonds. The van der Waals surface area contributed by atoms with Crippen LogP contribution in [0.2, 0.25) is 0 Å². The zero-order valence-corrected chi connectivity index (χ0v) is 19.2. The number of nitrogens with zero attached hydrogens (tertiary/aromatic N) is 1. The number of hydrogen-bond acceptors (Lipinski definition) is 6. The number of para-hydroxylation sites is 1. The average Bonchev–Trinajstić information content (AvgIpc) is 3.26. The van der Waals surface area contributed by atoms with E-state index in [0.29, 0.717) is 29.3 Å². The van der Waals surface area contributed by atoms with Gasteiger partial charge in [0.15, 0.2) is 14.6 Å². The number of aryl methyl sites for hydroxylation is 3. The number of benzene rings is 2. The molecule has 1 saturated carbocycles. The summed E-state index contributed by atoms with van der Waals surface area (Å²) in [5.74, 6) is -0.606. The number of aromatic nitrogens is 2. The summed E-state index contributed by atoms with van der Waals surface area (Å²) in [6.07, 6.45) is 1.68.